The number of amides is 2. The fourth-order valence-electron chi connectivity index (χ4n) is 2.72. The highest BCUT2D eigenvalue weighted by atomic mass is 32.2. The van der Waals surface area contributed by atoms with Crippen molar-refractivity contribution in [2.24, 2.45) is 0 Å². The Labute approximate surface area is 185 Å². The van der Waals surface area contributed by atoms with Crippen LogP contribution in [0.1, 0.15) is 23.8 Å². The van der Waals surface area contributed by atoms with Crippen molar-refractivity contribution in [1.29, 1.82) is 0 Å². The summed E-state index contributed by atoms with van der Waals surface area (Å²) in [5.74, 6) is 1.59. The van der Waals surface area contributed by atoms with Gasteiger partial charge in [0.05, 0.1) is 11.0 Å². The van der Waals surface area contributed by atoms with E-state index in [1.807, 2.05) is 54.6 Å². The van der Waals surface area contributed by atoms with Gasteiger partial charge in [0, 0.05) is 12.6 Å². The molecule has 0 radical (unpaired) electrons. The number of rotatable bonds is 10. The molecule has 1 heterocycles. The number of hydrogen-bond acceptors (Lipinski definition) is 6. The van der Waals surface area contributed by atoms with E-state index in [4.69, 9.17) is 9.26 Å². The zero-order valence-corrected chi connectivity index (χ0v) is 18.3. The number of nitrogens with zero attached hydrogens (tertiary/aromatic N) is 1. The zero-order valence-electron chi connectivity index (χ0n) is 17.5. The van der Waals surface area contributed by atoms with Gasteiger partial charge < -0.3 is 19.9 Å². The average Bonchev–Trinajstić information content (AvgIpc) is 3.20. The van der Waals surface area contributed by atoms with Crippen LogP contribution in [0, 0.1) is 6.92 Å². The Balaban J connectivity index is 1.43. The number of nitrogens with one attached hydrogen (secondary N) is 2. The molecule has 2 amide bonds. The lowest BCUT2D eigenvalue weighted by atomic mass is 10.1. The van der Waals surface area contributed by atoms with Gasteiger partial charge in [0.15, 0.2) is 5.82 Å². The average molecular weight is 440 g/mol. The lowest BCUT2D eigenvalue weighted by molar-refractivity contribution is -0.118. The minimum absolute atomic E-state index is 0.138. The van der Waals surface area contributed by atoms with Gasteiger partial charge in [-0.1, -0.05) is 47.6 Å². The molecule has 3 aromatic rings. The van der Waals surface area contributed by atoms with E-state index in [2.05, 4.69) is 15.8 Å². The summed E-state index contributed by atoms with van der Waals surface area (Å²) in [4.78, 5) is 24.5. The van der Waals surface area contributed by atoms with Gasteiger partial charge in [-0.3, -0.25) is 9.59 Å². The van der Waals surface area contributed by atoms with E-state index < -0.39 is 5.25 Å². The van der Waals surface area contributed by atoms with Crippen molar-refractivity contribution in [3.8, 4) is 5.75 Å². The molecule has 1 aromatic heterocycles. The number of hydrogen-bond donors (Lipinski definition) is 2. The maximum atomic E-state index is 12.3. The summed E-state index contributed by atoms with van der Waals surface area (Å²) in [6, 6.07) is 19.1. The Hall–Kier alpha value is -3.26. The number of benzene rings is 2. The molecule has 0 aliphatic heterocycles. The number of carbonyl (C=O) groups excluding carboxylic acids is 2. The molecular weight excluding hydrogens is 414 g/mol. The number of aryl methyl sites for hydroxylation is 1. The first kappa shape index (κ1) is 22.4. The number of aromatic nitrogens is 1. The number of ether oxygens (including phenoxy) is 1. The van der Waals surface area contributed by atoms with Crippen molar-refractivity contribution in [2.75, 3.05) is 11.1 Å². The quantitative estimate of drug-likeness (QED) is 0.497. The number of anilines is 1. The molecule has 3 rings (SSSR count). The van der Waals surface area contributed by atoms with Crippen LogP contribution in [0.4, 0.5) is 5.82 Å². The minimum Gasteiger partial charge on any atom is -0.489 e. The Kier molecular flexibility index (Phi) is 8.12. The standard InChI is InChI=1S/C23H25N3O4S/c1-16-12-21(26-30-16)25-23(28)17(2)31-15-22(27)24-13-18-8-6-7-9-19(18)14-29-20-10-4-3-5-11-20/h3-12,17H,13-15H2,1-2H3,(H,24,27)(H,25,26,28). The summed E-state index contributed by atoms with van der Waals surface area (Å²) in [7, 11) is 0. The first-order valence-electron chi connectivity index (χ1n) is 9.88. The van der Waals surface area contributed by atoms with E-state index in [1.165, 1.54) is 11.8 Å². The van der Waals surface area contributed by atoms with Crippen LogP contribution in [-0.2, 0) is 22.7 Å². The number of para-hydroxylation sites is 1. The van der Waals surface area contributed by atoms with E-state index in [0.29, 0.717) is 24.7 Å². The van der Waals surface area contributed by atoms with E-state index in [1.54, 1.807) is 19.9 Å². The maximum Gasteiger partial charge on any atom is 0.238 e. The van der Waals surface area contributed by atoms with E-state index in [-0.39, 0.29) is 17.6 Å². The van der Waals surface area contributed by atoms with Gasteiger partial charge in [-0.25, -0.2) is 0 Å². The normalized spacial score (nSPS) is 11.5. The minimum atomic E-state index is -0.408. The molecule has 0 saturated heterocycles. The molecule has 7 nitrogen and oxygen atoms in total. The Morgan fingerprint density at radius 2 is 1.81 bits per heavy atom. The van der Waals surface area contributed by atoms with Crippen LogP contribution < -0.4 is 15.4 Å². The SMILES string of the molecule is Cc1cc(NC(=O)C(C)SCC(=O)NCc2ccccc2COc2ccccc2)no1. The van der Waals surface area contributed by atoms with Gasteiger partial charge in [0.25, 0.3) is 0 Å². The fraction of sp³-hybridized carbons (Fsp3) is 0.261. The van der Waals surface area contributed by atoms with Crippen LogP contribution in [0.15, 0.2) is 65.2 Å². The van der Waals surface area contributed by atoms with Crippen LogP contribution in [0.5, 0.6) is 5.75 Å². The first-order chi connectivity index (χ1) is 15.0. The Bertz CT molecular complexity index is 1010. The van der Waals surface area contributed by atoms with Crippen LogP contribution >= 0.6 is 11.8 Å². The highest BCUT2D eigenvalue weighted by Crippen LogP contribution is 2.16. The third-order valence-electron chi connectivity index (χ3n) is 4.44. The van der Waals surface area contributed by atoms with Gasteiger partial charge in [0.1, 0.15) is 18.1 Å². The van der Waals surface area contributed by atoms with E-state index in [0.717, 1.165) is 16.9 Å². The number of carbonyl (C=O) groups is 2. The van der Waals surface area contributed by atoms with Crippen LogP contribution in [0.2, 0.25) is 0 Å². The van der Waals surface area contributed by atoms with Gasteiger partial charge in [-0.2, -0.15) is 0 Å². The first-order valence-corrected chi connectivity index (χ1v) is 10.9. The molecule has 0 bridgehead atoms. The molecule has 2 aromatic carbocycles. The highest BCUT2D eigenvalue weighted by molar-refractivity contribution is 8.01. The molecule has 31 heavy (non-hydrogen) atoms. The van der Waals surface area contributed by atoms with Gasteiger partial charge >= 0.3 is 0 Å². The Morgan fingerprint density at radius 1 is 1.10 bits per heavy atom. The molecule has 2 N–H and O–H groups in total. The van der Waals surface area contributed by atoms with E-state index >= 15 is 0 Å². The summed E-state index contributed by atoms with van der Waals surface area (Å²) in [5.41, 5.74) is 2.00. The van der Waals surface area contributed by atoms with Crippen molar-refractivity contribution in [2.45, 2.75) is 32.2 Å². The smallest absolute Gasteiger partial charge is 0.238 e. The molecule has 8 heteroatoms. The maximum absolute atomic E-state index is 12.3. The molecule has 0 fully saturated rings. The lowest BCUT2D eigenvalue weighted by Gasteiger charge is -2.13. The van der Waals surface area contributed by atoms with Crippen molar-refractivity contribution in [3.05, 3.63) is 77.6 Å². The Morgan fingerprint density at radius 3 is 2.52 bits per heavy atom. The molecular formula is C23H25N3O4S. The molecule has 1 atom stereocenters. The molecule has 0 aliphatic rings. The number of thioether (sulfide) groups is 1. The zero-order chi connectivity index (χ0) is 22.1. The van der Waals surface area contributed by atoms with Crippen LogP contribution in [-0.4, -0.2) is 28.0 Å². The molecule has 1 unspecified atom stereocenters. The van der Waals surface area contributed by atoms with Crippen molar-refractivity contribution in [1.82, 2.24) is 10.5 Å². The fourth-order valence-corrected chi connectivity index (χ4v) is 3.44. The van der Waals surface area contributed by atoms with Gasteiger partial charge in [-0.05, 0) is 37.1 Å². The summed E-state index contributed by atoms with van der Waals surface area (Å²) >= 11 is 1.26. The second kappa shape index (κ2) is 11.2. The third kappa shape index (κ3) is 7.18. The summed E-state index contributed by atoms with van der Waals surface area (Å²) in [5, 5.41) is 8.90. The second-order valence-corrected chi connectivity index (χ2v) is 8.24. The van der Waals surface area contributed by atoms with Crippen molar-refractivity contribution < 1.29 is 18.8 Å². The van der Waals surface area contributed by atoms with Crippen LogP contribution in [0.3, 0.4) is 0 Å². The van der Waals surface area contributed by atoms with E-state index in [9.17, 15) is 9.59 Å². The third-order valence-corrected chi connectivity index (χ3v) is 5.59. The molecule has 0 aliphatic carbocycles. The van der Waals surface area contributed by atoms with Gasteiger partial charge in [-0.15, -0.1) is 11.8 Å². The second-order valence-electron chi connectivity index (χ2n) is 6.91. The molecule has 0 saturated carbocycles. The highest BCUT2D eigenvalue weighted by Gasteiger charge is 2.17. The van der Waals surface area contributed by atoms with Crippen molar-refractivity contribution >= 4 is 29.4 Å². The topological polar surface area (TPSA) is 93.5 Å². The predicted molar refractivity (Wildman–Crippen MR) is 121 cm³/mol. The summed E-state index contributed by atoms with van der Waals surface area (Å²) < 4.78 is 10.7. The largest absolute Gasteiger partial charge is 0.489 e. The summed E-state index contributed by atoms with van der Waals surface area (Å²) in [6.07, 6.45) is 0. The molecule has 162 valence electrons. The predicted octanol–water partition coefficient (Wildman–Crippen LogP) is 3.94. The van der Waals surface area contributed by atoms with Crippen molar-refractivity contribution in [3.63, 3.8) is 0 Å². The summed E-state index contributed by atoms with van der Waals surface area (Å²) in [6.45, 7) is 4.31. The van der Waals surface area contributed by atoms with Gasteiger partial charge in [0.2, 0.25) is 11.8 Å². The lowest BCUT2D eigenvalue weighted by Crippen LogP contribution is -2.28. The van der Waals surface area contributed by atoms with Crippen LogP contribution in [0.25, 0.3) is 0 Å². The molecule has 0 spiro atoms. The monoisotopic (exact) mass is 439 g/mol.